The van der Waals surface area contributed by atoms with Crippen LogP contribution in [0.25, 0.3) is 0 Å². The molecular weight excluding hydrogens is 216 g/mol. The Hall–Kier alpha value is -1.55. The van der Waals surface area contributed by atoms with Crippen LogP contribution in [0, 0.1) is 0 Å². The molecule has 0 saturated carbocycles. The maximum absolute atomic E-state index is 11.4. The summed E-state index contributed by atoms with van der Waals surface area (Å²) in [5, 5.41) is 12.8. The number of amides is 1. The van der Waals surface area contributed by atoms with Crippen LogP contribution < -0.4 is 10.2 Å². The molecule has 1 saturated heterocycles. The van der Waals surface area contributed by atoms with Gasteiger partial charge in [-0.05, 0) is 12.5 Å². The Morgan fingerprint density at radius 3 is 2.94 bits per heavy atom. The predicted molar refractivity (Wildman–Crippen MR) is 66.9 cm³/mol. The first-order valence-corrected chi connectivity index (χ1v) is 6.01. The SMILES string of the molecule is CC[C@@H](O)c1ccccc1N1CCNC(=O)C1. The molecule has 1 atom stereocenters. The molecule has 1 aromatic rings. The van der Waals surface area contributed by atoms with Gasteiger partial charge in [0, 0.05) is 24.3 Å². The number of aliphatic hydroxyl groups excluding tert-OH is 1. The number of carbonyl (C=O) groups excluding carboxylic acids is 1. The van der Waals surface area contributed by atoms with E-state index in [-0.39, 0.29) is 5.91 Å². The molecule has 1 fully saturated rings. The predicted octanol–water partition coefficient (Wildman–Crippen LogP) is 1.07. The average molecular weight is 234 g/mol. The van der Waals surface area contributed by atoms with Crippen molar-refractivity contribution in [1.82, 2.24) is 5.32 Å². The van der Waals surface area contributed by atoms with Gasteiger partial charge in [-0.25, -0.2) is 0 Å². The summed E-state index contributed by atoms with van der Waals surface area (Å²) in [7, 11) is 0. The minimum absolute atomic E-state index is 0.0389. The van der Waals surface area contributed by atoms with Gasteiger partial charge in [0.15, 0.2) is 0 Å². The zero-order chi connectivity index (χ0) is 12.3. The molecule has 2 rings (SSSR count). The van der Waals surface area contributed by atoms with Gasteiger partial charge in [0.25, 0.3) is 0 Å². The fraction of sp³-hybridized carbons (Fsp3) is 0.462. The first-order chi connectivity index (χ1) is 8.22. The van der Waals surface area contributed by atoms with Crippen LogP contribution in [0.2, 0.25) is 0 Å². The highest BCUT2D eigenvalue weighted by molar-refractivity contribution is 5.83. The third-order valence-electron chi connectivity index (χ3n) is 3.06. The lowest BCUT2D eigenvalue weighted by Gasteiger charge is -2.31. The van der Waals surface area contributed by atoms with Crippen LogP contribution in [0.1, 0.15) is 25.0 Å². The van der Waals surface area contributed by atoms with Gasteiger partial charge in [-0.2, -0.15) is 0 Å². The normalized spacial score (nSPS) is 17.8. The van der Waals surface area contributed by atoms with Crippen molar-refractivity contribution in [1.29, 1.82) is 0 Å². The molecule has 0 aromatic heterocycles. The molecule has 1 amide bonds. The number of hydrogen-bond donors (Lipinski definition) is 2. The third kappa shape index (κ3) is 2.58. The van der Waals surface area contributed by atoms with Crippen LogP contribution >= 0.6 is 0 Å². The zero-order valence-corrected chi connectivity index (χ0v) is 10.0. The number of hydrogen-bond acceptors (Lipinski definition) is 3. The van der Waals surface area contributed by atoms with E-state index in [2.05, 4.69) is 5.32 Å². The van der Waals surface area contributed by atoms with Crippen molar-refractivity contribution in [3.8, 4) is 0 Å². The summed E-state index contributed by atoms with van der Waals surface area (Å²) in [6, 6.07) is 7.75. The summed E-state index contributed by atoms with van der Waals surface area (Å²) < 4.78 is 0. The van der Waals surface area contributed by atoms with Crippen LogP contribution in [-0.2, 0) is 4.79 Å². The third-order valence-corrected chi connectivity index (χ3v) is 3.06. The van der Waals surface area contributed by atoms with Gasteiger partial charge in [-0.1, -0.05) is 25.1 Å². The molecule has 1 aliphatic heterocycles. The number of carbonyl (C=O) groups is 1. The summed E-state index contributed by atoms with van der Waals surface area (Å²) in [5.41, 5.74) is 1.88. The summed E-state index contributed by atoms with van der Waals surface area (Å²) >= 11 is 0. The molecule has 4 heteroatoms. The van der Waals surface area contributed by atoms with Crippen LogP contribution in [0.4, 0.5) is 5.69 Å². The van der Waals surface area contributed by atoms with E-state index in [1.165, 1.54) is 0 Å². The van der Waals surface area contributed by atoms with Crippen molar-refractivity contribution >= 4 is 11.6 Å². The van der Waals surface area contributed by atoms with Crippen molar-refractivity contribution in [2.45, 2.75) is 19.4 Å². The molecule has 0 aliphatic carbocycles. The first-order valence-electron chi connectivity index (χ1n) is 6.01. The second kappa shape index (κ2) is 5.19. The van der Waals surface area contributed by atoms with E-state index in [9.17, 15) is 9.90 Å². The number of anilines is 1. The second-order valence-corrected chi connectivity index (χ2v) is 4.25. The van der Waals surface area contributed by atoms with Gasteiger partial charge in [0.1, 0.15) is 0 Å². The number of para-hydroxylation sites is 1. The average Bonchev–Trinajstić information content (AvgIpc) is 2.38. The number of rotatable bonds is 3. The van der Waals surface area contributed by atoms with Gasteiger partial charge >= 0.3 is 0 Å². The molecule has 1 aromatic carbocycles. The number of benzene rings is 1. The number of piperazine rings is 1. The first kappa shape index (κ1) is 11.9. The summed E-state index contributed by atoms with van der Waals surface area (Å²) in [4.78, 5) is 13.4. The molecule has 1 heterocycles. The van der Waals surface area contributed by atoms with Gasteiger partial charge in [-0.3, -0.25) is 4.79 Å². The van der Waals surface area contributed by atoms with E-state index in [0.717, 1.165) is 17.8 Å². The smallest absolute Gasteiger partial charge is 0.239 e. The van der Waals surface area contributed by atoms with E-state index >= 15 is 0 Å². The van der Waals surface area contributed by atoms with Crippen molar-refractivity contribution in [3.05, 3.63) is 29.8 Å². The molecule has 1 aliphatic rings. The van der Waals surface area contributed by atoms with Crippen LogP contribution in [0.15, 0.2) is 24.3 Å². The van der Waals surface area contributed by atoms with Crippen molar-refractivity contribution in [2.24, 2.45) is 0 Å². The van der Waals surface area contributed by atoms with Gasteiger partial charge in [-0.15, -0.1) is 0 Å². The molecule has 0 radical (unpaired) electrons. The number of nitrogens with zero attached hydrogens (tertiary/aromatic N) is 1. The van der Waals surface area contributed by atoms with Crippen molar-refractivity contribution in [2.75, 3.05) is 24.5 Å². The molecule has 0 unspecified atom stereocenters. The molecule has 17 heavy (non-hydrogen) atoms. The zero-order valence-electron chi connectivity index (χ0n) is 10.0. The lowest BCUT2D eigenvalue weighted by Crippen LogP contribution is -2.48. The van der Waals surface area contributed by atoms with E-state index < -0.39 is 6.10 Å². The topological polar surface area (TPSA) is 52.6 Å². The molecule has 0 bridgehead atoms. The van der Waals surface area contributed by atoms with Crippen LogP contribution in [0.3, 0.4) is 0 Å². The van der Waals surface area contributed by atoms with Crippen LogP contribution in [0.5, 0.6) is 0 Å². The Balaban J connectivity index is 2.27. The monoisotopic (exact) mass is 234 g/mol. The fourth-order valence-electron chi connectivity index (χ4n) is 2.12. The van der Waals surface area contributed by atoms with E-state index in [1.54, 1.807) is 0 Å². The van der Waals surface area contributed by atoms with Gasteiger partial charge < -0.3 is 15.3 Å². The maximum Gasteiger partial charge on any atom is 0.239 e. The van der Waals surface area contributed by atoms with E-state index in [1.807, 2.05) is 36.1 Å². The molecular formula is C13H18N2O2. The Bertz CT molecular complexity index is 406. The van der Waals surface area contributed by atoms with Crippen molar-refractivity contribution in [3.63, 3.8) is 0 Å². The molecule has 2 N–H and O–H groups in total. The van der Waals surface area contributed by atoms with Gasteiger partial charge in [0.05, 0.1) is 12.6 Å². The van der Waals surface area contributed by atoms with Gasteiger partial charge in [0.2, 0.25) is 5.91 Å². The van der Waals surface area contributed by atoms with E-state index in [0.29, 0.717) is 19.5 Å². The number of aliphatic hydroxyl groups is 1. The lowest BCUT2D eigenvalue weighted by molar-refractivity contribution is -0.120. The standard InChI is InChI=1S/C13H18N2O2/c1-2-12(16)10-5-3-4-6-11(10)15-8-7-14-13(17)9-15/h3-6,12,16H,2,7-9H2,1H3,(H,14,17)/t12-/m1/s1. The highest BCUT2D eigenvalue weighted by atomic mass is 16.3. The molecule has 92 valence electrons. The second-order valence-electron chi connectivity index (χ2n) is 4.25. The van der Waals surface area contributed by atoms with E-state index in [4.69, 9.17) is 0 Å². The summed E-state index contributed by atoms with van der Waals surface area (Å²) in [6.07, 6.45) is 0.216. The quantitative estimate of drug-likeness (QED) is 0.822. The Labute approximate surface area is 101 Å². The van der Waals surface area contributed by atoms with Crippen LogP contribution in [-0.4, -0.2) is 30.6 Å². The molecule has 4 nitrogen and oxygen atoms in total. The minimum atomic E-state index is -0.462. The fourth-order valence-corrected chi connectivity index (χ4v) is 2.12. The lowest BCUT2D eigenvalue weighted by atomic mass is 10.0. The minimum Gasteiger partial charge on any atom is -0.388 e. The highest BCUT2D eigenvalue weighted by Gasteiger charge is 2.20. The largest absolute Gasteiger partial charge is 0.388 e. The highest BCUT2D eigenvalue weighted by Crippen LogP contribution is 2.28. The Morgan fingerprint density at radius 1 is 1.47 bits per heavy atom. The number of nitrogens with one attached hydrogen (secondary N) is 1. The van der Waals surface area contributed by atoms with Crippen molar-refractivity contribution < 1.29 is 9.90 Å². The Kier molecular flexibility index (Phi) is 3.64. The summed E-state index contributed by atoms with van der Waals surface area (Å²) in [6.45, 7) is 3.77. The maximum atomic E-state index is 11.4. The summed E-state index contributed by atoms with van der Waals surface area (Å²) in [5.74, 6) is 0.0389. The Morgan fingerprint density at radius 2 is 2.24 bits per heavy atom. The molecule has 0 spiro atoms.